The maximum atomic E-state index is 13.7. The Morgan fingerprint density at radius 3 is 2.88 bits per heavy atom. The first-order valence-corrected chi connectivity index (χ1v) is 7.92. The van der Waals surface area contributed by atoms with Crippen molar-refractivity contribution in [2.24, 2.45) is 0 Å². The highest BCUT2D eigenvalue weighted by atomic mass is 19.1. The third-order valence-electron chi connectivity index (χ3n) is 3.18. The van der Waals surface area contributed by atoms with E-state index in [1.54, 1.807) is 12.1 Å². The fourth-order valence-electron chi connectivity index (χ4n) is 1.93. The Bertz CT molecular complexity index is 713. The van der Waals surface area contributed by atoms with Gasteiger partial charge in [-0.3, -0.25) is 5.32 Å². The molecule has 0 saturated heterocycles. The van der Waals surface area contributed by atoms with Crippen LogP contribution in [0.2, 0.25) is 0 Å². The van der Waals surface area contributed by atoms with Crippen LogP contribution in [0.5, 0.6) is 6.01 Å². The molecule has 0 aliphatic heterocycles. The molecule has 1 amide bonds. The molecule has 2 aromatic rings. The summed E-state index contributed by atoms with van der Waals surface area (Å²) in [5, 5.41) is 2.21. The Balaban J connectivity index is 1.91. The van der Waals surface area contributed by atoms with Gasteiger partial charge in [-0.2, -0.15) is 4.98 Å². The molecule has 0 spiro atoms. The van der Waals surface area contributed by atoms with Gasteiger partial charge in [0.2, 0.25) is 0 Å². The number of hydrogen-bond donors (Lipinski definition) is 1. The maximum absolute atomic E-state index is 13.7. The highest BCUT2D eigenvalue weighted by Gasteiger charge is 2.12. The van der Waals surface area contributed by atoms with Crippen LogP contribution in [-0.4, -0.2) is 22.7 Å². The molecule has 0 unspecified atom stereocenters. The number of rotatable bonds is 8. The Morgan fingerprint density at radius 1 is 1.28 bits per heavy atom. The highest BCUT2D eigenvalue weighted by Crippen LogP contribution is 2.15. The van der Waals surface area contributed by atoms with Gasteiger partial charge in [-0.15, -0.1) is 0 Å². The van der Waals surface area contributed by atoms with Crippen molar-refractivity contribution >= 4 is 11.9 Å². The second-order valence-electron chi connectivity index (χ2n) is 5.24. The molecule has 0 saturated carbocycles. The third-order valence-corrected chi connectivity index (χ3v) is 3.18. The minimum Gasteiger partial charge on any atom is -0.459 e. The topological polar surface area (TPSA) is 73.3 Å². The van der Waals surface area contributed by atoms with Crippen LogP contribution in [0.3, 0.4) is 0 Å². The number of halogens is 2. The minimum absolute atomic E-state index is 0.00426. The van der Waals surface area contributed by atoms with Gasteiger partial charge in [-0.25, -0.2) is 18.6 Å². The zero-order valence-corrected chi connectivity index (χ0v) is 13.8. The number of nitrogens with one attached hydrogen (secondary N) is 1. The number of anilines is 1. The molecule has 2 rings (SSSR count). The van der Waals surface area contributed by atoms with Crippen molar-refractivity contribution < 1.29 is 23.0 Å². The Morgan fingerprint density at radius 2 is 2.12 bits per heavy atom. The van der Waals surface area contributed by atoms with Gasteiger partial charge in [0.1, 0.15) is 12.4 Å². The van der Waals surface area contributed by atoms with E-state index in [2.05, 4.69) is 15.3 Å². The molecule has 1 N–H and O–H groups in total. The van der Waals surface area contributed by atoms with Crippen LogP contribution in [0, 0.1) is 11.6 Å². The first-order valence-electron chi connectivity index (χ1n) is 7.92. The second kappa shape index (κ2) is 9.51. The largest absolute Gasteiger partial charge is 0.459 e. The number of unbranched alkanes of at least 4 members (excludes halogenated alkanes) is 2. The van der Waals surface area contributed by atoms with Crippen molar-refractivity contribution in [3.63, 3.8) is 0 Å². The molecule has 0 aliphatic carbocycles. The van der Waals surface area contributed by atoms with E-state index in [-0.39, 0.29) is 25.0 Å². The van der Waals surface area contributed by atoms with E-state index in [1.165, 1.54) is 12.1 Å². The van der Waals surface area contributed by atoms with Gasteiger partial charge in [0.25, 0.3) is 0 Å². The number of nitrogens with zero attached hydrogens (tertiary/aromatic N) is 2. The van der Waals surface area contributed by atoms with E-state index in [1.807, 2.05) is 6.92 Å². The van der Waals surface area contributed by atoms with Crippen LogP contribution in [-0.2, 0) is 11.3 Å². The van der Waals surface area contributed by atoms with Gasteiger partial charge < -0.3 is 9.47 Å². The summed E-state index contributed by atoms with van der Waals surface area (Å²) in [7, 11) is 0. The third kappa shape index (κ3) is 6.33. The van der Waals surface area contributed by atoms with Crippen molar-refractivity contribution in [2.45, 2.75) is 32.8 Å². The number of ether oxygens (including phenoxy) is 2. The lowest BCUT2D eigenvalue weighted by Gasteiger charge is -2.09. The number of benzene rings is 1. The Hall–Kier alpha value is -2.77. The number of carbonyl (C=O) groups excluding carboxylic acids is 1. The lowest BCUT2D eigenvalue weighted by atomic mass is 10.2. The van der Waals surface area contributed by atoms with Crippen molar-refractivity contribution in [3.05, 3.63) is 47.7 Å². The second-order valence-corrected chi connectivity index (χ2v) is 5.24. The molecule has 1 aromatic carbocycles. The van der Waals surface area contributed by atoms with Crippen LogP contribution in [0.25, 0.3) is 0 Å². The summed E-state index contributed by atoms with van der Waals surface area (Å²) >= 11 is 0. The van der Waals surface area contributed by atoms with E-state index in [4.69, 9.17) is 9.47 Å². The molecule has 6 nitrogen and oxygen atoms in total. The molecular formula is C17H19F2N3O3. The monoisotopic (exact) mass is 351 g/mol. The first-order chi connectivity index (χ1) is 12.1. The molecule has 1 heterocycles. The van der Waals surface area contributed by atoms with Gasteiger partial charge in [0.15, 0.2) is 11.6 Å². The molecule has 0 aliphatic rings. The SMILES string of the molecule is CCCCCOC(=O)Nc1nc(OCc2cccc(F)c2)ncc1F. The molecule has 0 atom stereocenters. The molecule has 25 heavy (non-hydrogen) atoms. The molecule has 8 heteroatoms. The van der Waals surface area contributed by atoms with Crippen molar-refractivity contribution in [1.82, 2.24) is 9.97 Å². The van der Waals surface area contributed by atoms with Crippen molar-refractivity contribution in [3.8, 4) is 6.01 Å². The number of carbonyl (C=O) groups is 1. The highest BCUT2D eigenvalue weighted by molar-refractivity contribution is 5.83. The first kappa shape index (κ1) is 18.6. The summed E-state index contributed by atoms with van der Waals surface area (Å²) in [4.78, 5) is 19.1. The maximum Gasteiger partial charge on any atom is 0.412 e. The fraction of sp³-hybridized carbons (Fsp3) is 0.353. The Kier molecular flexibility index (Phi) is 7.06. The smallest absolute Gasteiger partial charge is 0.412 e. The van der Waals surface area contributed by atoms with E-state index in [0.717, 1.165) is 25.5 Å². The summed E-state index contributed by atoms with van der Waals surface area (Å²) in [6, 6.07) is 5.68. The quantitative estimate of drug-likeness (QED) is 0.726. The van der Waals surface area contributed by atoms with E-state index < -0.39 is 17.7 Å². The predicted octanol–water partition coefficient (Wildman–Crippen LogP) is 4.07. The lowest BCUT2D eigenvalue weighted by molar-refractivity contribution is 0.159. The molecule has 134 valence electrons. The van der Waals surface area contributed by atoms with Crippen LogP contribution in [0.15, 0.2) is 30.5 Å². The predicted molar refractivity (Wildman–Crippen MR) is 87.2 cm³/mol. The lowest BCUT2D eigenvalue weighted by Crippen LogP contribution is -2.17. The minimum atomic E-state index is -0.816. The van der Waals surface area contributed by atoms with Crippen LogP contribution in [0.1, 0.15) is 31.7 Å². The number of amides is 1. The average Bonchev–Trinajstić information content (AvgIpc) is 2.59. The summed E-state index contributed by atoms with van der Waals surface area (Å²) in [5.74, 6) is -1.55. The van der Waals surface area contributed by atoms with Crippen LogP contribution >= 0.6 is 0 Å². The molecule has 1 aromatic heterocycles. The molecular weight excluding hydrogens is 332 g/mol. The number of aromatic nitrogens is 2. The van der Waals surface area contributed by atoms with Crippen molar-refractivity contribution in [2.75, 3.05) is 11.9 Å². The van der Waals surface area contributed by atoms with Gasteiger partial charge in [0.05, 0.1) is 12.8 Å². The standard InChI is InChI=1S/C17H19F2N3O3/c1-2-3-4-8-24-17(23)22-15-14(19)10-20-16(21-15)25-11-12-6-5-7-13(18)9-12/h5-7,9-10H,2-4,8,11H2,1H3,(H,20,21,22,23). The summed E-state index contributed by atoms with van der Waals surface area (Å²) < 4.78 is 37.0. The van der Waals surface area contributed by atoms with Gasteiger partial charge in [-0.05, 0) is 24.1 Å². The summed E-state index contributed by atoms with van der Waals surface area (Å²) in [6.45, 7) is 2.28. The number of hydrogen-bond acceptors (Lipinski definition) is 5. The van der Waals surface area contributed by atoms with Gasteiger partial charge >= 0.3 is 12.1 Å². The average molecular weight is 351 g/mol. The normalized spacial score (nSPS) is 10.4. The van der Waals surface area contributed by atoms with Crippen molar-refractivity contribution in [1.29, 1.82) is 0 Å². The molecule has 0 fully saturated rings. The van der Waals surface area contributed by atoms with Crippen LogP contribution < -0.4 is 10.1 Å². The Labute approximate surface area is 144 Å². The van der Waals surface area contributed by atoms with Gasteiger partial charge in [0, 0.05) is 0 Å². The van der Waals surface area contributed by atoms with Gasteiger partial charge in [-0.1, -0.05) is 31.9 Å². The zero-order valence-electron chi connectivity index (χ0n) is 13.8. The molecule has 0 bridgehead atoms. The van der Waals surface area contributed by atoms with Crippen LogP contribution in [0.4, 0.5) is 19.4 Å². The fourth-order valence-corrected chi connectivity index (χ4v) is 1.93. The van der Waals surface area contributed by atoms with E-state index >= 15 is 0 Å². The van der Waals surface area contributed by atoms with E-state index in [0.29, 0.717) is 5.56 Å². The molecule has 0 radical (unpaired) electrons. The summed E-state index contributed by atoms with van der Waals surface area (Å²) in [6.07, 6.45) is 2.74. The zero-order chi connectivity index (χ0) is 18.1. The summed E-state index contributed by atoms with van der Waals surface area (Å²) in [5.41, 5.74) is 0.567. The van der Waals surface area contributed by atoms with E-state index in [9.17, 15) is 13.6 Å².